The SMILES string of the molecule is Nc1onc(-c2ccccn2)c1-c1ccc(Cl)cc1Cl. The van der Waals surface area contributed by atoms with Gasteiger partial charge in [0, 0.05) is 16.8 Å². The van der Waals surface area contributed by atoms with Crippen molar-refractivity contribution in [2.75, 3.05) is 5.73 Å². The largest absolute Gasteiger partial charge is 0.367 e. The van der Waals surface area contributed by atoms with Gasteiger partial charge in [-0.1, -0.05) is 40.5 Å². The van der Waals surface area contributed by atoms with E-state index in [9.17, 15) is 0 Å². The van der Waals surface area contributed by atoms with Gasteiger partial charge in [-0.25, -0.2) is 0 Å². The Labute approximate surface area is 125 Å². The number of halogens is 2. The highest BCUT2D eigenvalue weighted by molar-refractivity contribution is 6.36. The van der Waals surface area contributed by atoms with Crippen LogP contribution < -0.4 is 5.73 Å². The molecule has 4 nitrogen and oxygen atoms in total. The summed E-state index contributed by atoms with van der Waals surface area (Å²) < 4.78 is 5.09. The van der Waals surface area contributed by atoms with E-state index < -0.39 is 0 Å². The summed E-state index contributed by atoms with van der Waals surface area (Å²) in [5, 5.41) is 5.00. The molecule has 1 aromatic carbocycles. The van der Waals surface area contributed by atoms with Crippen LogP contribution in [0.2, 0.25) is 10.0 Å². The number of hydrogen-bond acceptors (Lipinski definition) is 4. The smallest absolute Gasteiger partial charge is 0.230 e. The van der Waals surface area contributed by atoms with Crippen LogP contribution in [0.4, 0.5) is 5.88 Å². The van der Waals surface area contributed by atoms with Crippen LogP contribution in [0.15, 0.2) is 47.1 Å². The van der Waals surface area contributed by atoms with Crippen LogP contribution in [0, 0.1) is 0 Å². The normalized spacial score (nSPS) is 10.7. The summed E-state index contributed by atoms with van der Waals surface area (Å²) >= 11 is 12.1. The number of nitrogens with zero attached hydrogens (tertiary/aromatic N) is 2. The maximum atomic E-state index is 6.22. The summed E-state index contributed by atoms with van der Waals surface area (Å²) in [6.45, 7) is 0. The quantitative estimate of drug-likeness (QED) is 0.767. The first-order chi connectivity index (χ1) is 9.66. The number of benzene rings is 1. The highest BCUT2D eigenvalue weighted by atomic mass is 35.5. The summed E-state index contributed by atoms with van der Waals surface area (Å²) in [4.78, 5) is 4.25. The number of pyridine rings is 1. The molecular weight excluding hydrogens is 297 g/mol. The predicted molar refractivity (Wildman–Crippen MR) is 79.6 cm³/mol. The van der Waals surface area contributed by atoms with Crippen molar-refractivity contribution < 1.29 is 4.52 Å². The second-order valence-corrected chi connectivity index (χ2v) is 4.95. The van der Waals surface area contributed by atoms with Crippen molar-refractivity contribution in [1.29, 1.82) is 0 Å². The van der Waals surface area contributed by atoms with Gasteiger partial charge in [0.2, 0.25) is 5.88 Å². The Kier molecular flexibility index (Phi) is 3.34. The Bertz CT molecular complexity index is 756. The molecule has 2 N–H and O–H groups in total. The molecule has 0 amide bonds. The molecule has 3 rings (SSSR count). The number of nitrogens with two attached hydrogens (primary N) is 1. The third kappa shape index (κ3) is 2.24. The second-order valence-electron chi connectivity index (χ2n) is 4.11. The molecule has 0 saturated heterocycles. The maximum absolute atomic E-state index is 6.22. The van der Waals surface area contributed by atoms with Crippen LogP contribution >= 0.6 is 23.2 Å². The van der Waals surface area contributed by atoms with Gasteiger partial charge >= 0.3 is 0 Å². The minimum atomic E-state index is 0.190. The summed E-state index contributed by atoms with van der Waals surface area (Å²) in [6, 6.07) is 10.7. The molecule has 0 saturated carbocycles. The number of aromatic nitrogens is 2. The van der Waals surface area contributed by atoms with Crippen molar-refractivity contribution in [3.05, 3.63) is 52.6 Å². The van der Waals surface area contributed by atoms with E-state index in [1.54, 1.807) is 24.4 Å². The van der Waals surface area contributed by atoms with Gasteiger partial charge in [0.05, 0.1) is 16.3 Å². The molecule has 0 aliphatic heterocycles. The first-order valence-corrected chi connectivity index (χ1v) is 6.54. The van der Waals surface area contributed by atoms with Gasteiger partial charge in [-0.3, -0.25) is 4.98 Å². The topological polar surface area (TPSA) is 64.9 Å². The van der Waals surface area contributed by atoms with Gasteiger partial charge in [-0.2, -0.15) is 0 Å². The van der Waals surface area contributed by atoms with Crippen molar-refractivity contribution in [1.82, 2.24) is 10.1 Å². The molecule has 0 aliphatic rings. The lowest BCUT2D eigenvalue weighted by Crippen LogP contribution is -1.90. The van der Waals surface area contributed by atoms with Gasteiger partial charge in [-0.05, 0) is 24.3 Å². The molecule has 0 unspecified atom stereocenters. The van der Waals surface area contributed by atoms with E-state index in [0.717, 1.165) is 0 Å². The molecule has 2 heterocycles. The standard InChI is InChI=1S/C14H9Cl2N3O/c15-8-4-5-9(10(16)7-8)12-13(19-20-14(12)17)11-3-1-2-6-18-11/h1-7H,17H2. The fourth-order valence-electron chi connectivity index (χ4n) is 1.93. The Morgan fingerprint density at radius 3 is 2.65 bits per heavy atom. The molecule has 20 heavy (non-hydrogen) atoms. The van der Waals surface area contributed by atoms with Crippen molar-refractivity contribution in [3.8, 4) is 22.5 Å². The monoisotopic (exact) mass is 305 g/mol. The van der Waals surface area contributed by atoms with E-state index in [2.05, 4.69) is 10.1 Å². The predicted octanol–water partition coefficient (Wildman–Crippen LogP) is 4.29. The average molecular weight is 306 g/mol. The van der Waals surface area contributed by atoms with E-state index in [4.69, 9.17) is 33.5 Å². The lowest BCUT2D eigenvalue weighted by molar-refractivity contribution is 0.439. The van der Waals surface area contributed by atoms with Crippen LogP contribution in [0.25, 0.3) is 22.5 Å². The molecule has 0 bridgehead atoms. The molecule has 0 spiro atoms. The van der Waals surface area contributed by atoms with Crippen LogP contribution in [0.1, 0.15) is 0 Å². The third-order valence-corrected chi connectivity index (χ3v) is 3.37. The number of anilines is 1. The van der Waals surface area contributed by atoms with E-state index in [0.29, 0.717) is 32.6 Å². The highest BCUT2D eigenvalue weighted by Gasteiger charge is 2.20. The summed E-state index contributed by atoms with van der Waals surface area (Å²) in [6.07, 6.45) is 1.67. The molecule has 6 heteroatoms. The fraction of sp³-hybridized carbons (Fsp3) is 0. The third-order valence-electron chi connectivity index (χ3n) is 2.83. The van der Waals surface area contributed by atoms with E-state index in [1.807, 2.05) is 18.2 Å². The molecule has 100 valence electrons. The van der Waals surface area contributed by atoms with Crippen molar-refractivity contribution >= 4 is 29.1 Å². The van der Waals surface area contributed by atoms with Crippen molar-refractivity contribution in [2.45, 2.75) is 0 Å². The number of nitrogen functional groups attached to an aromatic ring is 1. The van der Waals surface area contributed by atoms with Gasteiger partial charge in [0.1, 0.15) is 5.69 Å². The molecule has 0 atom stereocenters. The van der Waals surface area contributed by atoms with E-state index in [-0.39, 0.29) is 5.88 Å². The van der Waals surface area contributed by atoms with Crippen LogP contribution in [-0.2, 0) is 0 Å². The molecule has 3 aromatic rings. The zero-order valence-corrected chi connectivity index (χ0v) is 11.7. The molecule has 0 aliphatic carbocycles. The van der Waals surface area contributed by atoms with Gasteiger partial charge in [0.15, 0.2) is 0 Å². The lowest BCUT2D eigenvalue weighted by atomic mass is 10.0. The lowest BCUT2D eigenvalue weighted by Gasteiger charge is -2.05. The van der Waals surface area contributed by atoms with Crippen molar-refractivity contribution in [3.63, 3.8) is 0 Å². The summed E-state index contributed by atoms with van der Waals surface area (Å²) in [7, 11) is 0. The van der Waals surface area contributed by atoms with Gasteiger partial charge in [-0.15, -0.1) is 0 Å². The first-order valence-electron chi connectivity index (χ1n) is 5.79. The highest BCUT2D eigenvalue weighted by Crippen LogP contribution is 2.39. The summed E-state index contributed by atoms with van der Waals surface area (Å²) in [5.74, 6) is 0.190. The Morgan fingerprint density at radius 2 is 1.95 bits per heavy atom. The van der Waals surface area contributed by atoms with Gasteiger partial charge in [0.25, 0.3) is 0 Å². The van der Waals surface area contributed by atoms with E-state index in [1.165, 1.54) is 0 Å². The van der Waals surface area contributed by atoms with Crippen LogP contribution in [0.3, 0.4) is 0 Å². The zero-order valence-electron chi connectivity index (χ0n) is 10.2. The van der Waals surface area contributed by atoms with Crippen LogP contribution in [0.5, 0.6) is 0 Å². The maximum Gasteiger partial charge on any atom is 0.230 e. The number of hydrogen-bond donors (Lipinski definition) is 1. The first kappa shape index (κ1) is 13.0. The Hall–Kier alpha value is -2.04. The molecule has 0 radical (unpaired) electrons. The van der Waals surface area contributed by atoms with Crippen LogP contribution in [-0.4, -0.2) is 10.1 Å². The minimum absolute atomic E-state index is 0.190. The van der Waals surface area contributed by atoms with Crippen molar-refractivity contribution in [2.24, 2.45) is 0 Å². The summed E-state index contributed by atoms with van der Waals surface area (Å²) in [5.41, 5.74) is 8.40. The Morgan fingerprint density at radius 1 is 1.10 bits per heavy atom. The number of rotatable bonds is 2. The molecular formula is C14H9Cl2N3O. The van der Waals surface area contributed by atoms with E-state index >= 15 is 0 Å². The second kappa shape index (κ2) is 5.15. The molecule has 2 aromatic heterocycles. The Balaban J connectivity index is 2.22. The minimum Gasteiger partial charge on any atom is -0.367 e. The zero-order chi connectivity index (χ0) is 14.1. The average Bonchev–Trinajstić information content (AvgIpc) is 2.82. The van der Waals surface area contributed by atoms with Gasteiger partial charge < -0.3 is 10.3 Å². The molecule has 0 fully saturated rings. The fourth-order valence-corrected chi connectivity index (χ4v) is 2.44.